The molecule has 4 nitrogen and oxygen atoms in total. The summed E-state index contributed by atoms with van der Waals surface area (Å²) >= 11 is 0. The van der Waals surface area contributed by atoms with Crippen LogP contribution >= 0.6 is 0 Å². The molecule has 0 aliphatic carbocycles. The summed E-state index contributed by atoms with van der Waals surface area (Å²) in [5, 5.41) is 3.41. The Morgan fingerprint density at radius 2 is 0.967 bits per heavy atom. The van der Waals surface area contributed by atoms with Gasteiger partial charge in [0, 0.05) is 0 Å². The van der Waals surface area contributed by atoms with E-state index in [9.17, 15) is 0 Å². The van der Waals surface area contributed by atoms with Gasteiger partial charge in [0.05, 0.1) is 26.4 Å². The molecule has 1 N–H and O–H groups in total. The molecule has 0 aliphatic rings. The molecule has 0 unspecified atom stereocenters. The van der Waals surface area contributed by atoms with Crippen molar-refractivity contribution >= 4 is 0 Å². The molecule has 0 spiro atoms. The average molecular weight is 406 g/mol. The van der Waals surface area contributed by atoms with Crippen molar-refractivity contribution in [3.8, 4) is 0 Å². The van der Waals surface area contributed by atoms with Crippen LogP contribution in [0.5, 0.6) is 0 Å². The van der Waals surface area contributed by atoms with Gasteiger partial charge in [-0.2, -0.15) is 0 Å². The molecule has 0 radical (unpaired) electrons. The number of hydrogen-bond donors (Lipinski definition) is 1. The van der Waals surface area contributed by atoms with Crippen LogP contribution in [-0.2, 0) is 34.0 Å². The zero-order valence-corrected chi connectivity index (χ0v) is 17.6. The van der Waals surface area contributed by atoms with Crippen LogP contribution in [-0.4, -0.2) is 19.1 Å². The number of hydrogen-bond acceptors (Lipinski definition) is 4. The van der Waals surface area contributed by atoms with Crippen molar-refractivity contribution in [2.75, 3.05) is 13.1 Å². The van der Waals surface area contributed by atoms with Crippen LogP contribution in [0.2, 0.25) is 0 Å². The van der Waals surface area contributed by atoms with Crippen LogP contribution in [0.1, 0.15) is 30.0 Å². The maximum Gasteiger partial charge on any atom is 0.297 e. The van der Waals surface area contributed by atoms with Gasteiger partial charge in [-0.15, -0.1) is 0 Å². The summed E-state index contributed by atoms with van der Waals surface area (Å²) in [6.45, 7) is 4.64. The number of rotatable bonds is 13. The molecular formula is C26H31NO3. The molecule has 0 saturated heterocycles. The molecule has 30 heavy (non-hydrogen) atoms. The van der Waals surface area contributed by atoms with Crippen molar-refractivity contribution in [1.29, 1.82) is 0 Å². The van der Waals surface area contributed by atoms with Crippen LogP contribution in [0.3, 0.4) is 0 Å². The minimum atomic E-state index is -1.20. The third-order valence-corrected chi connectivity index (χ3v) is 4.67. The number of ether oxygens (including phenoxy) is 3. The molecule has 0 aromatic heterocycles. The van der Waals surface area contributed by atoms with Crippen molar-refractivity contribution in [3.05, 3.63) is 108 Å². The lowest BCUT2D eigenvalue weighted by Crippen LogP contribution is -2.48. The molecule has 3 aromatic carbocycles. The van der Waals surface area contributed by atoms with Crippen molar-refractivity contribution in [1.82, 2.24) is 5.32 Å². The Labute approximate surface area is 179 Å². The van der Waals surface area contributed by atoms with Crippen LogP contribution in [0.4, 0.5) is 0 Å². The Hall–Kier alpha value is -2.50. The highest BCUT2D eigenvalue weighted by atomic mass is 16.9. The van der Waals surface area contributed by atoms with Gasteiger partial charge in [0.25, 0.3) is 5.97 Å². The van der Waals surface area contributed by atoms with E-state index in [2.05, 4.69) is 12.2 Å². The molecule has 0 fully saturated rings. The number of nitrogens with one attached hydrogen (secondary N) is 1. The maximum absolute atomic E-state index is 6.30. The van der Waals surface area contributed by atoms with Crippen LogP contribution < -0.4 is 5.32 Å². The lowest BCUT2D eigenvalue weighted by atomic mass is 10.2. The van der Waals surface area contributed by atoms with E-state index in [1.165, 1.54) is 0 Å². The summed E-state index contributed by atoms with van der Waals surface area (Å²) < 4.78 is 18.9. The van der Waals surface area contributed by atoms with Crippen molar-refractivity contribution in [3.63, 3.8) is 0 Å². The highest BCUT2D eigenvalue weighted by molar-refractivity contribution is 5.15. The Morgan fingerprint density at radius 3 is 1.30 bits per heavy atom. The topological polar surface area (TPSA) is 39.7 Å². The summed E-state index contributed by atoms with van der Waals surface area (Å²) in [7, 11) is 0. The smallest absolute Gasteiger partial charge is 0.297 e. The molecule has 158 valence electrons. The summed E-state index contributed by atoms with van der Waals surface area (Å²) in [5.74, 6) is -1.20. The molecule has 0 amide bonds. The lowest BCUT2D eigenvalue weighted by Gasteiger charge is -2.34. The van der Waals surface area contributed by atoms with Crippen molar-refractivity contribution in [2.45, 2.75) is 39.1 Å². The second-order valence-corrected chi connectivity index (χ2v) is 7.18. The monoisotopic (exact) mass is 405 g/mol. The standard InChI is InChI=1S/C26H31NO3/c1-2-18-27-22-26(28-19-23-12-6-3-7-13-23,29-20-24-14-8-4-9-15-24)30-21-25-16-10-5-11-17-25/h3-17,27H,2,18-22H2,1H3. The molecule has 0 atom stereocenters. The van der Waals surface area contributed by atoms with Gasteiger partial charge in [0.1, 0.15) is 0 Å². The van der Waals surface area contributed by atoms with Gasteiger partial charge in [-0.05, 0) is 29.7 Å². The molecule has 0 heterocycles. The van der Waals surface area contributed by atoms with Crippen molar-refractivity contribution < 1.29 is 14.2 Å². The Kier molecular flexibility index (Phi) is 9.06. The van der Waals surface area contributed by atoms with E-state index in [1.54, 1.807) is 0 Å². The summed E-state index contributed by atoms with van der Waals surface area (Å²) in [6.07, 6.45) is 1.02. The summed E-state index contributed by atoms with van der Waals surface area (Å²) in [6, 6.07) is 30.3. The van der Waals surface area contributed by atoms with Crippen molar-refractivity contribution in [2.24, 2.45) is 0 Å². The van der Waals surface area contributed by atoms with E-state index in [0.717, 1.165) is 29.7 Å². The normalized spacial score (nSPS) is 11.5. The SMILES string of the molecule is CCCNCC(OCc1ccccc1)(OCc1ccccc1)OCc1ccccc1. The van der Waals surface area contributed by atoms with Gasteiger partial charge < -0.3 is 19.5 Å². The Balaban J connectivity index is 1.76. The number of benzene rings is 3. The largest absolute Gasteiger partial charge is 0.322 e. The van der Waals surface area contributed by atoms with Gasteiger partial charge in [-0.1, -0.05) is 97.9 Å². The first kappa shape index (κ1) is 22.2. The second-order valence-electron chi connectivity index (χ2n) is 7.18. The van der Waals surface area contributed by atoms with Gasteiger partial charge in [-0.25, -0.2) is 0 Å². The third kappa shape index (κ3) is 7.39. The fourth-order valence-electron chi connectivity index (χ4n) is 3.00. The average Bonchev–Trinajstić information content (AvgIpc) is 2.82. The molecule has 4 heteroatoms. The highest BCUT2D eigenvalue weighted by Gasteiger charge is 2.34. The Bertz CT molecular complexity index is 718. The van der Waals surface area contributed by atoms with Gasteiger partial charge in [0.2, 0.25) is 0 Å². The quantitative estimate of drug-likeness (QED) is 0.310. The first-order chi connectivity index (χ1) is 14.8. The molecule has 3 rings (SSSR count). The summed E-state index contributed by atoms with van der Waals surface area (Å²) in [4.78, 5) is 0. The fraction of sp³-hybridized carbons (Fsp3) is 0.308. The first-order valence-electron chi connectivity index (χ1n) is 10.5. The van der Waals surface area contributed by atoms with Gasteiger partial charge >= 0.3 is 0 Å². The molecular weight excluding hydrogens is 374 g/mol. The minimum Gasteiger partial charge on any atom is -0.322 e. The molecule has 0 saturated carbocycles. The molecule has 3 aromatic rings. The van der Waals surface area contributed by atoms with Crippen LogP contribution in [0.25, 0.3) is 0 Å². The second kappa shape index (κ2) is 12.3. The zero-order chi connectivity index (χ0) is 20.9. The van der Waals surface area contributed by atoms with E-state index in [0.29, 0.717) is 26.4 Å². The Morgan fingerprint density at radius 1 is 0.600 bits per heavy atom. The fourth-order valence-corrected chi connectivity index (χ4v) is 3.00. The predicted molar refractivity (Wildman–Crippen MR) is 120 cm³/mol. The molecule has 0 aliphatic heterocycles. The van der Waals surface area contributed by atoms with Gasteiger partial charge in [0.15, 0.2) is 0 Å². The van der Waals surface area contributed by atoms with E-state index >= 15 is 0 Å². The van der Waals surface area contributed by atoms with Crippen LogP contribution in [0, 0.1) is 0 Å². The first-order valence-corrected chi connectivity index (χ1v) is 10.5. The van der Waals surface area contributed by atoms with E-state index in [1.807, 2.05) is 91.0 Å². The predicted octanol–water partition coefficient (Wildman–Crippen LogP) is 5.29. The maximum atomic E-state index is 6.30. The van der Waals surface area contributed by atoms with E-state index in [4.69, 9.17) is 14.2 Å². The highest BCUT2D eigenvalue weighted by Crippen LogP contribution is 2.22. The zero-order valence-electron chi connectivity index (χ0n) is 17.6. The van der Waals surface area contributed by atoms with E-state index in [-0.39, 0.29) is 0 Å². The van der Waals surface area contributed by atoms with E-state index < -0.39 is 5.97 Å². The van der Waals surface area contributed by atoms with Gasteiger partial charge in [-0.3, -0.25) is 0 Å². The summed E-state index contributed by atoms with van der Waals surface area (Å²) in [5.41, 5.74) is 3.22. The minimum absolute atomic E-state index is 0.401. The van der Waals surface area contributed by atoms with Crippen LogP contribution in [0.15, 0.2) is 91.0 Å². The lowest BCUT2D eigenvalue weighted by molar-refractivity contribution is -0.390. The molecule has 0 bridgehead atoms. The third-order valence-electron chi connectivity index (χ3n) is 4.67.